The number of carbonyl (C=O) groups is 2. The lowest BCUT2D eigenvalue weighted by atomic mass is 10.1. The molecule has 162 valence electrons. The first-order valence-corrected chi connectivity index (χ1v) is 10.9. The molecule has 2 aromatic carbocycles. The van der Waals surface area contributed by atoms with Crippen LogP contribution in [0, 0.1) is 13.8 Å². The van der Waals surface area contributed by atoms with Gasteiger partial charge in [-0.05, 0) is 31.5 Å². The quantitative estimate of drug-likeness (QED) is 0.441. The number of thiophene rings is 1. The zero-order chi connectivity index (χ0) is 23.0. The first-order chi connectivity index (χ1) is 15.3. The Balaban J connectivity index is 1.83. The molecule has 2 aromatic heterocycles. The molecule has 7 nitrogen and oxygen atoms in total. The third-order valence-electron chi connectivity index (χ3n) is 5.08. The molecule has 2 heterocycles. The lowest BCUT2D eigenvalue weighted by Crippen LogP contribution is -2.30. The van der Waals surface area contributed by atoms with Gasteiger partial charge in [0.1, 0.15) is 17.2 Å². The summed E-state index contributed by atoms with van der Waals surface area (Å²) in [5.41, 5.74) is 2.20. The van der Waals surface area contributed by atoms with Gasteiger partial charge in [0.05, 0.1) is 10.9 Å². The number of carboxylic acids is 1. The van der Waals surface area contributed by atoms with Gasteiger partial charge in [0.25, 0.3) is 5.56 Å². The minimum absolute atomic E-state index is 0.00917. The predicted octanol–water partition coefficient (Wildman–Crippen LogP) is 4.73. The number of anilines is 1. The number of fused-ring (bicyclic) bond motifs is 1. The van der Waals surface area contributed by atoms with E-state index in [9.17, 15) is 19.5 Å². The maximum atomic E-state index is 13.4. The molecule has 1 amide bonds. The number of carboxylic acid groups (broad SMARTS) is 1. The summed E-state index contributed by atoms with van der Waals surface area (Å²) in [5.74, 6) is -1.39. The molecule has 9 heteroatoms. The molecule has 0 fully saturated rings. The SMILES string of the molecule is Cc1ccc(-c2nc3scc(C(=O)O)c3c(=O)n2CC(=O)Nc2cccc(Cl)c2C)cc1. The number of halogens is 1. The van der Waals surface area contributed by atoms with Crippen LogP contribution in [0.2, 0.25) is 5.02 Å². The van der Waals surface area contributed by atoms with Crippen molar-refractivity contribution in [1.82, 2.24) is 9.55 Å². The molecule has 0 aliphatic heterocycles. The number of aromatic carboxylic acids is 1. The summed E-state index contributed by atoms with van der Waals surface area (Å²) in [5, 5.41) is 14.1. The first kappa shape index (κ1) is 21.7. The molecule has 0 saturated heterocycles. The fraction of sp³-hybridized carbons (Fsp3) is 0.130. The Hall–Kier alpha value is -3.49. The second-order valence-corrected chi connectivity index (χ2v) is 8.55. The summed E-state index contributed by atoms with van der Waals surface area (Å²) in [6.45, 7) is 3.37. The van der Waals surface area contributed by atoms with E-state index in [1.54, 1.807) is 25.1 Å². The van der Waals surface area contributed by atoms with E-state index in [-0.39, 0.29) is 17.5 Å². The highest BCUT2D eigenvalue weighted by Gasteiger charge is 2.22. The van der Waals surface area contributed by atoms with Gasteiger partial charge in [-0.2, -0.15) is 0 Å². The average Bonchev–Trinajstić information content (AvgIpc) is 3.19. The molecular formula is C23H18ClN3O4S. The molecule has 0 aliphatic carbocycles. The van der Waals surface area contributed by atoms with Crippen LogP contribution in [0.4, 0.5) is 5.69 Å². The average molecular weight is 468 g/mol. The number of hydrogen-bond donors (Lipinski definition) is 2. The molecule has 32 heavy (non-hydrogen) atoms. The van der Waals surface area contributed by atoms with Crippen molar-refractivity contribution < 1.29 is 14.7 Å². The van der Waals surface area contributed by atoms with E-state index in [0.717, 1.165) is 16.9 Å². The van der Waals surface area contributed by atoms with Gasteiger partial charge in [0.15, 0.2) is 0 Å². The van der Waals surface area contributed by atoms with Crippen molar-refractivity contribution in [1.29, 1.82) is 0 Å². The van der Waals surface area contributed by atoms with Crippen molar-refractivity contribution in [3.8, 4) is 11.4 Å². The highest BCUT2D eigenvalue weighted by Crippen LogP contribution is 2.26. The normalized spacial score (nSPS) is 11.0. The van der Waals surface area contributed by atoms with E-state index in [2.05, 4.69) is 10.3 Å². The summed E-state index contributed by atoms with van der Waals surface area (Å²) < 4.78 is 1.21. The number of rotatable bonds is 5. The van der Waals surface area contributed by atoms with Crippen molar-refractivity contribution in [2.24, 2.45) is 0 Å². The molecule has 4 aromatic rings. The number of aryl methyl sites for hydroxylation is 1. The van der Waals surface area contributed by atoms with Crippen LogP contribution in [0.1, 0.15) is 21.5 Å². The number of nitrogens with zero attached hydrogens (tertiary/aromatic N) is 2. The van der Waals surface area contributed by atoms with Crippen molar-refractivity contribution >= 4 is 50.7 Å². The number of carbonyl (C=O) groups excluding carboxylic acids is 1. The second-order valence-electron chi connectivity index (χ2n) is 7.29. The Bertz CT molecular complexity index is 1420. The van der Waals surface area contributed by atoms with Crippen LogP contribution in [0.3, 0.4) is 0 Å². The summed E-state index contributed by atoms with van der Waals surface area (Å²) in [4.78, 5) is 42.7. The number of amides is 1. The number of nitrogens with one attached hydrogen (secondary N) is 1. The van der Waals surface area contributed by atoms with Crippen LogP contribution in [0.25, 0.3) is 21.6 Å². The topological polar surface area (TPSA) is 101 Å². The van der Waals surface area contributed by atoms with Crippen LogP contribution in [0.15, 0.2) is 52.6 Å². The summed E-state index contributed by atoms with van der Waals surface area (Å²) >= 11 is 7.21. The monoisotopic (exact) mass is 467 g/mol. The summed E-state index contributed by atoms with van der Waals surface area (Å²) in [7, 11) is 0. The first-order valence-electron chi connectivity index (χ1n) is 9.63. The van der Waals surface area contributed by atoms with Crippen LogP contribution >= 0.6 is 22.9 Å². The minimum Gasteiger partial charge on any atom is -0.478 e. The Labute approximate surface area is 191 Å². The van der Waals surface area contributed by atoms with Crippen LogP contribution in [-0.4, -0.2) is 26.5 Å². The van der Waals surface area contributed by atoms with Crippen LogP contribution in [-0.2, 0) is 11.3 Å². The van der Waals surface area contributed by atoms with E-state index < -0.39 is 17.4 Å². The molecular weight excluding hydrogens is 450 g/mol. The summed E-state index contributed by atoms with van der Waals surface area (Å²) in [6.07, 6.45) is 0. The Morgan fingerprint density at radius 1 is 1.16 bits per heavy atom. The van der Waals surface area contributed by atoms with Crippen molar-refractivity contribution in [3.63, 3.8) is 0 Å². The van der Waals surface area contributed by atoms with E-state index >= 15 is 0 Å². The van der Waals surface area contributed by atoms with Gasteiger partial charge in [0.2, 0.25) is 5.91 Å². The lowest BCUT2D eigenvalue weighted by Gasteiger charge is -2.14. The molecule has 0 unspecified atom stereocenters. The van der Waals surface area contributed by atoms with E-state index in [4.69, 9.17) is 11.6 Å². The Kier molecular flexibility index (Phi) is 5.82. The smallest absolute Gasteiger partial charge is 0.337 e. The standard InChI is InChI=1S/C23H18ClN3O4S/c1-12-6-8-14(9-7-12)20-26-21-19(15(11-32-21)23(30)31)22(29)27(20)10-18(28)25-17-5-3-4-16(24)13(17)2/h3-9,11H,10H2,1-2H3,(H,25,28)(H,30,31). The zero-order valence-corrected chi connectivity index (χ0v) is 18.8. The van der Waals surface area contributed by atoms with Gasteiger partial charge in [-0.15, -0.1) is 11.3 Å². The van der Waals surface area contributed by atoms with Crippen molar-refractivity contribution in [2.45, 2.75) is 20.4 Å². The summed E-state index contributed by atoms with van der Waals surface area (Å²) in [6, 6.07) is 12.5. The molecule has 0 aliphatic rings. The fourth-order valence-corrected chi connectivity index (χ4v) is 4.40. The third-order valence-corrected chi connectivity index (χ3v) is 6.36. The van der Waals surface area contributed by atoms with Crippen molar-refractivity contribution in [3.05, 3.63) is 79.9 Å². The number of benzene rings is 2. The predicted molar refractivity (Wildman–Crippen MR) is 126 cm³/mol. The Morgan fingerprint density at radius 3 is 2.56 bits per heavy atom. The van der Waals surface area contributed by atoms with E-state index in [1.807, 2.05) is 31.2 Å². The van der Waals surface area contributed by atoms with Crippen LogP contribution < -0.4 is 10.9 Å². The van der Waals surface area contributed by atoms with Gasteiger partial charge in [0, 0.05) is 21.7 Å². The van der Waals surface area contributed by atoms with Crippen molar-refractivity contribution in [2.75, 3.05) is 5.32 Å². The maximum absolute atomic E-state index is 13.4. The van der Waals surface area contributed by atoms with Gasteiger partial charge >= 0.3 is 5.97 Å². The van der Waals surface area contributed by atoms with Gasteiger partial charge in [-0.25, -0.2) is 9.78 Å². The second kappa shape index (κ2) is 8.57. The number of aromatic nitrogens is 2. The third kappa shape index (κ3) is 4.02. The highest BCUT2D eigenvalue weighted by molar-refractivity contribution is 7.17. The molecule has 0 atom stereocenters. The molecule has 0 bridgehead atoms. The number of hydrogen-bond acceptors (Lipinski definition) is 5. The van der Waals surface area contributed by atoms with Gasteiger partial charge in [-0.1, -0.05) is 47.5 Å². The zero-order valence-electron chi connectivity index (χ0n) is 17.2. The molecule has 0 saturated carbocycles. The highest BCUT2D eigenvalue weighted by atomic mass is 35.5. The fourth-order valence-electron chi connectivity index (χ4n) is 3.33. The van der Waals surface area contributed by atoms with Crippen LogP contribution in [0.5, 0.6) is 0 Å². The minimum atomic E-state index is -1.22. The Morgan fingerprint density at radius 2 is 1.88 bits per heavy atom. The van der Waals surface area contributed by atoms with E-state index in [1.165, 1.54) is 9.95 Å². The molecule has 4 rings (SSSR count). The van der Waals surface area contributed by atoms with E-state index in [0.29, 0.717) is 32.5 Å². The molecule has 0 radical (unpaired) electrons. The molecule has 0 spiro atoms. The van der Waals surface area contributed by atoms with Gasteiger partial charge in [-0.3, -0.25) is 14.2 Å². The molecule has 2 N–H and O–H groups in total. The lowest BCUT2D eigenvalue weighted by molar-refractivity contribution is -0.116. The maximum Gasteiger partial charge on any atom is 0.337 e. The van der Waals surface area contributed by atoms with Gasteiger partial charge < -0.3 is 10.4 Å². The largest absolute Gasteiger partial charge is 0.478 e.